The summed E-state index contributed by atoms with van der Waals surface area (Å²) in [6, 6.07) is 5.39. The van der Waals surface area contributed by atoms with Crippen molar-refractivity contribution in [2.75, 3.05) is 13.2 Å². The first-order chi connectivity index (χ1) is 17.9. The predicted octanol–water partition coefficient (Wildman–Crippen LogP) is 8.08. The van der Waals surface area contributed by atoms with Gasteiger partial charge in [0, 0.05) is 0 Å². The Morgan fingerprint density at radius 3 is 1.11 bits per heavy atom. The van der Waals surface area contributed by atoms with Crippen molar-refractivity contribution < 1.29 is 54.1 Å². The van der Waals surface area contributed by atoms with Gasteiger partial charge in [0.05, 0.1) is 24.3 Å². The molecule has 3 rings (SSSR count). The van der Waals surface area contributed by atoms with Gasteiger partial charge in [0.25, 0.3) is 0 Å². The number of rotatable bonds is 12. The summed E-state index contributed by atoms with van der Waals surface area (Å²) < 4.78 is 134. The lowest BCUT2D eigenvalue weighted by Gasteiger charge is -2.21. The van der Waals surface area contributed by atoms with Gasteiger partial charge in [-0.25, -0.2) is 0 Å². The van der Waals surface area contributed by atoms with Crippen LogP contribution in [0.2, 0.25) is 0 Å². The molecule has 0 saturated heterocycles. The SMILES string of the molecule is CCCOc1ccc(OC(F)(F)c2ccc(C(F)(F)Oc3ccc(OCCC)c(F)c3F)cc2)c(F)c1F. The molecule has 12 heteroatoms. The van der Waals surface area contributed by atoms with E-state index in [1.54, 1.807) is 13.8 Å². The molecule has 0 aliphatic rings. The zero-order valence-electron chi connectivity index (χ0n) is 20.1. The van der Waals surface area contributed by atoms with Crippen molar-refractivity contribution in [1.82, 2.24) is 0 Å². The number of alkyl halides is 4. The van der Waals surface area contributed by atoms with E-state index in [-0.39, 0.29) is 13.2 Å². The second-order valence-corrected chi connectivity index (χ2v) is 7.89. The van der Waals surface area contributed by atoms with E-state index in [1.165, 1.54) is 0 Å². The third-order valence-electron chi connectivity index (χ3n) is 4.98. The number of halogens is 8. The van der Waals surface area contributed by atoms with Gasteiger partial charge in [-0.15, -0.1) is 0 Å². The maximum atomic E-state index is 14.6. The fourth-order valence-corrected chi connectivity index (χ4v) is 3.09. The Labute approximate surface area is 212 Å². The largest absolute Gasteiger partial charge is 0.490 e. The van der Waals surface area contributed by atoms with Gasteiger partial charge in [0.1, 0.15) is 0 Å². The summed E-state index contributed by atoms with van der Waals surface area (Å²) in [7, 11) is 0. The minimum Gasteiger partial charge on any atom is -0.490 e. The molecule has 3 aromatic rings. The monoisotopic (exact) mass is 550 g/mol. The number of hydrogen-bond acceptors (Lipinski definition) is 4. The maximum Gasteiger partial charge on any atom is 0.426 e. The summed E-state index contributed by atoms with van der Waals surface area (Å²) >= 11 is 0. The molecule has 0 amide bonds. The topological polar surface area (TPSA) is 36.9 Å². The van der Waals surface area contributed by atoms with Gasteiger partial charge < -0.3 is 18.9 Å². The molecule has 4 nitrogen and oxygen atoms in total. The standard InChI is InChI=1S/C26H22F8O4/c1-3-13-35-17-9-11-19(23(29)21(17)27)37-25(31,32)15-5-7-16(8-6-15)26(33,34)38-20-12-10-18(36-14-4-2)22(28)24(20)30/h5-12H,3-4,13-14H2,1-2H3. The van der Waals surface area contributed by atoms with Gasteiger partial charge in [0.2, 0.25) is 23.3 Å². The molecule has 0 radical (unpaired) electrons. The first-order valence-electron chi connectivity index (χ1n) is 11.4. The van der Waals surface area contributed by atoms with Crippen LogP contribution in [-0.4, -0.2) is 13.2 Å². The van der Waals surface area contributed by atoms with Crippen LogP contribution in [0.4, 0.5) is 35.1 Å². The number of ether oxygens (including phenoxy) is 4. The smallest absolute Gasteiger partial charge is 0.426 e. The van der Waals surface area contributed by atoms with Crippen LogP contribution in [0.1, 0.15) is 37.8 Å². The zero-order valence-corrected chi connectivity index (χ0v) is 20.1. The van der Waals surface area contributed by atoms with Gasteiger partial charge in [-0.1, -0.05) is 13.8 Å². The lowest BCUT2D eigenvalue weighted by molar-refractivity contribution is -0.190. The first-order valence-corrected chi connectivity index (χ1v) is 11.4. The van der Waals surface area contributed by atoms with Crippen LogP contribution < -0.4 is 18.9 Å². The molecule has 0 aliphatic heterocycles. The molecular formula is C26H22F8O4. The molecule has 206 valence electrons. The van der Waals surface area contributed by atoms with Crippen LogP contribution in [0.3, 0.4) is 0 Å². The Bertz CT molecular complexity index is 1150. The summed E-state index contributed by atoms with van der Waals surface area (Å²) in [5, 5.41) is 0. The van der Waals surface area contributed by atoms with E-state index in [0.29, 0.717) is 37.1 Å². The van der Waals surface area contributed by atoms with E-state index in [0.717, 1.165) is 24.3 Å². The fourth-order valence-electron chi connectivity index (χ4n) is 3.09. The Morgan fingerprint density at radius 1 is 0.500 bits per heavy atom. The molecule has 0 spiro atoms. The van der Waals surface area contributed by atoms with Crippen molar-refractivity contribution in [1.29, 1.82) is 0 Å². The Morgan fingerprint density at radius 2 is 0.789 bits per heavy atom. The molecule has 0 bridgehead atoms. The summed E-state index contributed by atoms with van der Waals surface area (Å²) in [6.45, 7) is 3.57. The fraction of sp³-hybridized carbons (Fsp3) is 0.308. The molecule has 38 heavy (non-hydrogen) atoms. The number of hydrogen-bond donors (Lipinski definition) is 0. The van der Waals surface area contributed by atoms with Crippen molar-refractivity contribution in [3.63, 3.8) is 0 Å². The molecule has 0 unspecified atom stereocenters. The lowest BCUT2D eigenvalue weighted by Crippen LogP contribution is -2.25. The molecule has 3 aromatic carbocycles. The summed E-state index contributed by atoms with van der Waals surface area (Å²) in [6.07, 6.45) is -7.55. The molecule has 0 aliphatic carbocycles. The van der Waals surface area contributed by atoms with Gasteiger partial charge in [-0.3, -0.25) is 0 Å². The van der Waals surface area contributed by atoms with E-state index >= 15 is 0 Å². The Kier molecular flexibility index (Phi) is 8.95. The van der Waals surface area contributed by atoms with Crippen molar-refractivity contribution in [2.45, 2.75) is 38.9 Å². The zero-order chi connectivity index (χ0) is 28.1. The molecule has 0 aromatic heterocycles. The van der Waals surface area contributed by atoms with E-state index in [1.807, 2.05) is 0 Å². The molecule has 0 atom stereocenters. The first kappa shape index (κ1) is 28.9. The highest BCUT2D eigenvalue weighted by Gasteiger charge is 2.40. The van der Waals surface area contributed by atoms with Crippen molar-refractivity contribution >= 4 is 0 Å². The van der Waals surface area contributed by atoms with Crippen LogP contribution in [0, 0.1) is 23.3 Å². The van der Waals surface area contributed by atoms with E-state index in [9.17, 15) is 35.1 Å². The minimum atomic E-state index is -4.27. The van der Waals surface area contributed by atoms with Crippen molar-refractivity contribution in [2.24, 2.45) is 0 Å². The van der Waals surface area contributed by atoms with E-state index in [2.05, 4.69) is 9.47 Å². The average molecular weight is 550 g/mol. The second kappa shape index (κ2) is 11.8. The van der Waals surface area contributed by atoms with Crippen LogP contribution in [-0.2, 0) is 12.2 Å². The van der Waals surface area contributed by atoms with E-state index in [4.69, 9.17) is 9.47 Å². The third-order valence-corrected chi connectivity index (χ3v) is 4.98. The van der Waals surface area contributed by atoms with E-state index < -0.39 is 69.6 Å². The van der Waals surface area contributed by atoms with Crippen molar-refractivity contribution in [3.8, 4) is 23.0 Å². The quantitative estimate of drug-likeness (QED) is 0.214. The lowest BCUT2D eigenvalue weighted by atomic mass is 10.1. The van der Waals surface area contributed by atoms with Crippen LogP contribution in [0.25, 0.3) is 0 Å². The Balaban J connectivity index is 1.77. The van der Waals surface area contributed by atoms with Crippen molar-refractivity contribution in [3.05, 3.63) is 82.9 Å². The van der Waals surface area contributed by atoms with Crippen LogP contribution >= 0.6 is 0 Å². The van der Waals surface area contributed by atoms with Crippen LogP contribution in [0.15, 0.2) is 48.5 Å². The van der Waals surface area contributed by atoms with Gasteiger partial charge in [0.15, 0.2) is 23.0 Å². The molecular weight excluding hydrogens is 528 g/mol. The average Bonchev–Trinajstić information content (AvgIpc) is 2.88. The maximum absolute atomic E-state index is 14.6. The second-order valence-electron chi connectivity index (χ2n) is 7.89. The predicted molar refractivity (Wildman–Crippen MR) is 120 cm³/mol. The molecule has 0 saturated carbocycles. The summed E-state index contributed by atoms with van der Waals surface area (Å²) in [4.78, 5) is 0. The number of benzene rings is 3. The molecule has 0 N–H and O–H groups in total. The highest BCUT2D eigenvalue weighted by atomic mass is 19.3. The Hall–Kier alpha value is -3.70. The third kappa shape index (κ3) is 6.40. The summed E-state index contributed by atoms with van der Waals surface area (Å²) in [5.74, 6) is -9.79. The molecule has 0 fully saturated rings. The minimum absolute atomic E-state index is 0.0632. The van der Waals surface area contributed by atoms with Gasteiger partial charge in [-0.2, -0.15) is 35.1 Å². The highest BCUT2D eigenvalue weighted by Crippen LogP contribution is 2.39. The summed E-state index contributed by atoms with van der Waals surface area (Å²) in [5.41, 5.74) is -1.98. The van der Waals surface area contributed by atoms with Crippen LogP contribution in [0.5, 0.6) is 23.0 Å². The normalized spacial score (nSPS) is 11.8. The highest BCUT2D eigenvalue weighted by molar-refractivity contribution is 5.37. The van der Waals surface area contributed by atoms with Gasteiger partial charge >= 0.3 is 12.2 Å². The van der Waals surface area contributed by atoms with Gasteiger partial charge in [-0.05, 0) is 61.4 Å². The molecule has 0 heterocycles.